The fourth-order valence-electron chi connectivity index (χ4n) is 3.70. The van der Waals surface area contributed by atoms with Crippen molar-refractivity contribution in [1.82, 2.24) is 10.2 Å². The number of piperazine rings is 1. The van der Waals surface area contributed by atoms with Gasteiger partial charge in [-0.3, -0.25) is 0 Å². The molecule has 0 bridgehead atoms. The molecule has 1 aliphatic heterocycles. The minimum absolute atomic E-state index is 0.519. The quantitative estimate of drug-likeness (QED) is 0.866. The molecule has 1 saturated carbocycles. The Balaban J connectivity index is 1.66. The van der Waals surface area contributed by atoms with E-state index in [1.165, 1.54) is 5.69 Å². The Kier molecular flexibility index (Phi) is 5.47. The summed E-state index contributed by atoms with van der Waals surface area (Å²) >= 11 is 6.47. The highest BCUT2D eigenvalue weighted by atomic mass is 35.5. The summed E-state index contributed by atoms with van der Waals surface area (Å²) < 4.78 is 0. The highest BCUT2D eigenvalue weighted by Crippen LogP contribution is 2.30. The Morgan fingerprint density at radius 2 is 1.87 bits per heavy atom. The van der Waals surface area contributed by atoms with Crippen LogP contribution in [0.4, 0.5) is 5.69 Å². The summed E-state index contributed by atoms with van der Waals surface area (Å²) in [4.78, 5) is 4.78. The molecule has 1 aromatic rings. The average molecular weight is 338 g/mol. The Bertz CT molecular complexity index is 523. The van der Waals surface area contributed by atoms with E-state index in [4.69, 9.17) is 11.6 Å². The third-order valence-corrected chi connectivity index (χ3v) is 5.58. The average Bonchev–Trinajstić information content (AvgIpc) is 2.97. The molecular formula is C18H28ClN3O. The monoisotopic (exact) mass is 337 g/mol. The van der Waals surface area contributed by atoms with Gasteiger partial charge < -0.3 is 20.2 Å². The van der Waals surface area contributed by atoms with Crippen LogP contribution in [0.25, 0.3) is 0 Å². The van der Waals surface area contributed by atoms with Crippen LogP contribution in [0.2, 0.25) is 5.02 Å². The molecule has 3 rings (SSSR count). The van der Waals surface area contributed by atoms with Crippen molar-refractivity contribution in [2.24, 2.45) is 0 Å². The summed E-state index contributed by atoms with van der Waals surface area (Å²) in [5.74, 6) is 0. The molecule has 2 aliphatic rings. The molecular weight excluding hydrogens is 310 g/mol. The molecule has 5 heteroatoms. The zero-order valence-electron chi connectivity index (χ0n) is 14.0. The van der Waals surface area contributed by atoms with Gasteiger partial charge in [0.2, 0.25) is 0 Å². The van der Waals surface area contributed by atoms with Crippen molar-refractivity contribution in [3.05, 3.63) is 28.8 Å². The lowest BCUT2D eigenvalue weighted by atomic mass is 10.0. The van der Waals surface area contributed by atoms with Crippen LogP contribution in [0.3, 0.4) is 0 Å². The molecule has 0 spiro atoms. The van der Waals surface area contributed by atoms with Gasteiger partial charge in [0.05, 0.1) is 5.60 Å². The maximum atomic E-state index is 10.5. The highest BCUT2D eigenvalue weighted by Gasteiger charge is 2.30. The zero-order valence-corrected chi connectivity index (χ0v) is 14.8. The van der Waals surface area contributed by atoms with Crippen LogP contribution in [0.5, 0.6) is 0 Å². The largest absolute Gasteiger partial charge is 0.389 e. The predicted molar refractivity (Wildman–Crippen MR) is 96.3 cm³/mol. The number of nitrogens with zero attached hydrogens (tertiary/aromatic N) is 2. The van der Waals surface area contributed by atoms with Gasteiger partial charge in [0.1, 0.15) is 0 Å². The van der Waals surface area contributed by atoms with E-state index in [0.29, 0.717) is 13.1 Å². The van der Waals surface area contributed by atoms with E-state index in [0.717, 1.165) is 62.4 Å². The van der Waals surface area contributed by atoms with Crippen LogP contribution in [0.1, 0.15) is 31.2 Å². The molecule has 0 radical (unpaired) electrons. The maximum Gasteiger partial charge on any atom is 0.0771 e. The van der Waals surface area contributed by atoms with Gasteiger partial charge in [-0.15, -0.1) is 0 Å². The number of nitrogens with one attached hydrogen (secondary N) is 1. The minimum atomic E-state index is -0.519. The fraction of sp³-hybridized carbons (Fsp3) is 0.667. The van der Waals surface area contributed by atoms with Crippen molar-refractivity contribution >= 4 is 17.3 Å². The van der Waals surface area contributed by atoms with Crippen molar-refractivity contribution in [3.8, 4) is 0 Å². The molecule has 2 fully saturated rings. The van der Waals surface area contributed by atoms with Crippen LogP contribution >= 0.6 is 11.6 Å². The number of hydrogen-bond acceptors (Lipinski definition) is 4. The molecule has 0 aromatic heterocycles. The van der Waals surface area contributed by atoms with Gasteiger partial charge >= 0.3 is 0 Å². The van der Waals surface area contributed by atoms with Crippen LogP contribution in [-0.4, -0.2) is 55.4 Å². The molecule has 4 nitrogen and oxygen atoms in total. The molecule has 23 heavy (non-hydrogen) atoms. The summed E-state index contributed by atoms with van der Waals surface area (Å²) in [6.45, 7) is 5.60. The molecule has 128 valence electrons. The molecule has 0 amide bonds. The van der Waals surface area contributed by atoms with Gasteiger partial charge in [-0.1, -0.05) is 30.5 Å². The van der Waals surface area contributed by atoms with Crippen molar-refractivity contribution < 1.29 is 5.11 Å². The summed E-state index contributed by atoms with van der Waals surface area (Å²) in [6.07, 6.45) is 4.09. The van der Waals surface area contributed by atoms with E-state index in [1.54, 1.807) is 0 Å². The summed E-state index contributed by atoms with van der Waals surface area (Å²) in [5, 5.41) is 14.7. The van der Waals surface area contributed by atoms with Crippen molar-refractivity contribution in [2.45, 2.75) is 37.8 Å². The summed E-state index contributed by atoms with van der Waals surface area (Å²) in [7, 11) is 2.17. The predicted octanol–water partition coefficient (Wildman–Crippen LogP) is 2.49. The number of likely N-dealkylation sites (N-methyl/N-ethyl adjacent to an activating group) is 1. The molecule has 0 unspecified atom stereocenters. The van der Waals surface area contributed by atoms with E-state index in [2.05, 4.69) is 28.2 Å². The van der Waals surface area contributed by atoms with Crippen LogP contribution in [0, 0.1) is 0 Å². The van der Waals surface area contributed by atoms with E-state index in [9.17, 15) is 5.11 Å². The lowest BCUT2D eigenvalue weighted by Gasteiger charge is -2.35. The van der Waals surface area contributed by atoms with Gasteiger partial charge in [0.25, 0.3) is 0 Å². The van der Waals surface area contributed by atoms with Crippen LogP contribution in [-0.2, 0) is 6.54 Å². The minimum Gasteiger partial charge on any atom is -0.389 e. The Labute approximate surface area is 144 Å². The number of hydrogen-bond donors (Lipinski definition) is 2. The maximum absolute atomic E-state index is 10.5. The Hall–Kier alpha value is -0.810. The van der Waals surface area contributed by atoms with Crippen molar-refractivity contribution in [3.63, 3.8) is 0 Å². The standard InChI is InChI=1S/C18H28ClN3O/c1-21-9-11-22(12-10-21)17-6-4-5-16(19)15(17)13-20-14-18(23)7-2-3-8-18/h4-6,20,23H,2-3,7-14H2,1H3. The van der Waals surface area contributed by atoms with Crippen molar-refractivity contribution in [2.75, 3.05) is 44.7 Å². The number of anilines is 1. The number of aliphatic hydroxyl groups is 1. The topological polar surface area (TPSA) is 38.7 Å². The molecule has 1 aromatic carbocycles. The Morgan fingerprint density at radius 3 is 2.57 bits per heavy atom. The van der Waals surface area contributed by atoms with Crippen LogP contribution in [0.15, 0.2) is 18.2 Å². The second kappa shape index (κ2) is 7.39. The highest BCUT2D eigenvalue weighted by molar-refractivity contribution is 6.31. The smallest absolute Gasteiger partial charge is 0.0771 e. The molecule has 1 saturated heterocycles. The van der Waals surface area contributed by atoms with Gasteiger partial charge in [-0.25, -0.2) is 0 Å². The normalized spacial score (nSPS) is 21.8. The number of benzene rings is 1. The fourth-order valence-corrected chi connectivity index (χ4v) is 3.93. The van der Waals surface area contributed by atoms with Crippen LogP contribution < -0.4 is 10.2 Å². The van der Waals surface area contributed by atoms with E-state index in [-0.39, 0.29) is 0 Å². The third-order valence-electron chi connectivity index (χ3n) is 5.23. The van der Waals surface area contributed by atoms with Gasteiger partial charge in [0, 0.05) is 55.5 Å². The van der Waals surface area contributed by atoms with E-state index in [1.807, 2.05) is 12.1 Å². The molecule has 1 aliphatic carbocycles. The summed E-state index contributed by atoms with van der Waals surface area (Å²) in [5.41, 5.74) is 1.87. The molecule has 1 heterocycles. The lowest BCUT2D eigenvalue weighted by Crippen LogP contribution is -2.45. The third kappa shape index (κ3) is 4.18. The van der Waals surface area contributed by atoms with Gasteiger partial charge in [-0.2, -0.15) is 0 Å². The summed E-state index contributed by atoms with van der Waals surface area (Å²) in [6, 6.07) is 6.16. The number of rotatable bonds is 5. The Morgan fingerprint density at radius 1 is 1.17 bits per heavy atom. The van der Waals surface area contributed by atoms with Gasteiger partial charge in [0.15, 0.2) is 0 Å². The van der Waals surface area contributed by atoms with E-state index >= 15 is 0 Å². The first-order valence-electron chi connectivity index (χ1n) is 8.71. The first-order chi connectivity index (χ1) is 11.1. The first kappa shape index (κ1) is 17.0. The van der Waals surface area contributed by atoms with Crippen molar-refractivity contribution in [1.29, 1.82) is 0 Å². The number of halogens is 1. The zero-order chi connectivity index (χ0) is 16.3. The SMILES string of the molecule is CN1CCN(c2cccc(Cl)c2CNCC2(O)CCCC2)CC1. The lowest BCUT2D eigenvalue weighted by molar-refractivity contribution is 0.0475. The van der Waals surface area contributed by atoms with Gasteiger partial charge in [-0.05, 0) is 32.0 Å². The first-order valence-corrected chi connectivity index (χ1v) is 9.09. The molecule has 0 atom stereocenters. The van der Waals surface area contributed by atoms with E-state index < -0.39 is 5.60 Å². The molecule has 2 N–H and O–H groups in total. The second-order valence-corrected chi connectivity index (χ2v) is 7.47. The second-order valence-electron chi connectivity index (χ2n) is 7.06.